The minimum atomic E-state index is -0.364. The number of aromatic nitrogens is 3. The summed E-state index contributed by atoms with van der Waals surface area (Å²) in [5, 5.41) is 9.28. The van der Waals surface area contributed by atoms with Gasteiger partial charge in [0.25, 0.3) is 5.91 Å². The lowest BCUT2D eigenvalue weighted by atomic mass is 10.3. The molecule has 0 aliphatic rings. The van der Waals surface area contributed by atoms with Crippen LogP contribution in [0.1, 0.15) is 23.4 Å². The Bertz CT molecular complexity index is 582. The van der Waals surface area contributed by atoms with Crippen molar-refractivity contribution >= 4 is 11.6 Å². The molecule has 1 heterocycles. The monoisotopic (exact) mass is 275 g/mol. The topological polar surface area (TPSA) is 106 Å². The van der Waals surface area contributed by atoms with E-state index < -0.39 is 0 Å². The molecule has 0 unspecified atom stereocenters. The predicted octanol–water partition coefficient (Wildman–Crippen LogP) is 0.957. The van der Waals surface area contributed by atoms with Gasteiger partial charge in [-0.25, -0.2) is 4.98 Å². The van der Waals surface area contributed by atoms with Crippen LogP contribution in [0.3, 0.4) is 0 Å². The van der Waals surface area contributed by atoms with Gasteiger partial charge in [-0.1, -0.05) is 13.0 Å². The molecule has 7 nitrogen and oxygen atoms in total. The summed E-state index contributed by atoms with van der Waals surface area (Å²) in [6.45, 7) is 2.80. The minimum Gasteiger partial charge on any atom is -0.492 e. The number of benzene rings is 1. The Kier molecular flexibility index (Phi) is 4.67. The van der Waals surface area contributed by atoms with Crippen LogP contribution in [0.15, 0.2) is 24.3 Å². The first-order valence-electron chi connectivity index (χ1n) is 6.38. The van der Waals surface area contributed by atoms with Crippen LogP contribution >= 0.6 is 0 Å². The van der Waals surface area contributed by atoms with E-state index in [0.29, 0.717) is 36.8 Å². The molecule has 2 rings (SSSR count). The zero-order valence-corrected chi connectivity index (χ0v) is 11.2. The van der Waals surface area contributed by atoms with E-state index in [1.165, 1.54) is 0 Å². The number of aromatic amines is 1. The van der Waals surface area contributed by atoms with Gasteiger partial charge in [-0.15, -0.1) is 5.10 Å². The smallest absolute Gasteiger partial charge is 0.295 e. The van der Waals surface area contributed by atoms with Crippen molar-refractivity contribution in [1.29, 1.82) is 0 Å². The average Bonchev–Trinajstić information content (AvgIpc) is 2.94. The number of nitrogens with zero attached hydrogens (tertiary/aromatic N) is 2. The van der Waals surface area contributed by atoms with Crippen molar-refractivity contribution in [3.8, 4) is 5.75 Å². The predicted molar refractivity (Wildman–Crippen MR) is 74.7 cm³/mol. The molecule has 1 aromatic heterocycles. The molecule has 106 valence electrons. The highest BCUT2D eigenvalue weighted by Crippen LogP contribution is 2.17. The molecule has 0 fully saturated rings. The zero-order chi connectivity index (χ0) is 14.4. The van der Waals surface area contributed by atoms with E-state index >= 15 is 0 Å². The summed E-state index contributed by atoms with van der Waals surface area (Å²) >= 11 is 0. The van der Waals surface area contributed by atoms with Crippen LogP contribution in [0.4, 0.5) is 5.69 Å². The SMILES string of the molecule is CCc1nc(C(=O)Nc2cccc(OCCN)c2)n[nH]1. The van der Waals surface area contributed by atoms with Gasteiger partial charge < -0.3 is 15.8 Å². The third-order valence-electron chi connectivity index (χ3n) is 2.55. The minimum absolute atomic E-state index is 0.120. The lowest BCUT2D eigenvalue weighted by molar-refractivity contribution is 0.101. The number of aryl methyl sites for hydroxylation is 1. The first-order valence-corrected chi connectivity index (χ1v) is 6.38. The Balaban J connectivity index is 2.03. The Morgan fingerprint density at radius 1 is 1.50 bits per heavy atom. The number of anilines is 1. The molecule has 0 radical (unpaired) electrons. The Morgan fingerprint density at radius 3 is 3.05 bits per heavy atom. The fraction of sp³-hybridized carbons (Fsp3) is 0.308. The molecule has 0 spiro atoms. The Hall–Kier alpha value is -2.41. The van der Waals surface area contributed by atoms with Crippen LogP contribution in [0.2, 0.25) is 0 Å². The van der Waals surface area contributed by atoms with E-state index in [0.717, 1.165) is 0 Å². The van der Waals surface area contributed by atoms with Crippen molar-refractivity contribution in [3.05, 3.63) is 35.9 Å². The van der Waals surface area contributed by atoms with Gasteiger partial charge in [0.15, 0.2) is 0 Å². The average molecular weight is 275 g/mol. The first kappa shape index (κ1) is 14.0. The molecular formula is C13H17N5O2. The van der Waals surface area contributed by atoms with Crippen LogP contribution < -0.4 is 15.8 Å². The van der Waals surface area contributed by atoms with Crippen LogP contribution in [-0.2, 0) is 6.42 Å². The van der Waals surface area contributed by atoms with Crippen molar-refractivity contribution in [2.45, 2.75) is 13.3 Å². The molecule has 2 aromatic rings. The van der Waals surface area contributed by atoms with Crippen LogP contribution in [0.5, 0.6) is 5.75 Å². The summed E-state index contributed by atoms with van der Waals surface area (Å²) in [4.78, 5) is 16.0. The summed E-state index contributed by atoms with van der Waals surface area (Å²) in [5.41, 5.74) is 5.99. The normalized spacial score (nSPS) is 10.3. The van der Waals surface area contributed by atoms with Gasteiger partial charge >= 0.3 is 0 Å². The van der Waals surface area contributed by atoms with Gasteiger partial charge in [0.2, 0.25) is 5.82 Å². The summed E-state index contributed by atoms with van der Waals surface area (Å²) in [6.07, 6.45) is 0.697. The molecule has 0 atom stereocenters. The second kappa shape index (κ2) is 6.67. The summed E-state index contributed by atoms with van der Waals surface area (Å²) in [7, 11) is 0. The lowest BCUT2D eigenvalue weighted by Gasteiger charge is -2.07. The van der Waals surface area contributed by atoms with Crippen molar-refractivity contribution < 1.29 is 9.53 Å². The maximum Gasteiger partial charge on any atom is 0.295 e. The van der Waals surface area contributed by atoms with E-state index in [2.05, 4.69) is 20.5 Å². The third-order valence-corrected chi connectivity index (χ3v) is 2.55. The molecule has 0 aliphatic carbocycles. The standard InChI is InChI=1S/C13H17N5O2/c1-2-11-16-12(18-17-11)13(19)15-9-4-3-5-10(8-9)20-7-6-14/h3-5,8H,2,6-7,14H2,1H3,(H,15,19)(H,16,17,18). The van der Waals surface area contributed by atoms with Gasteiger partial charge in [-0.05, 0) is 12.1 Å². The summed E-state index contributed by atoms with van der Waals surface area (Å²) < 4.78 is 5.39. The fourth-order valence-corrected chi connectivity index (χ4v) is 1.58. The quantitative estimate of drug-likeness (QED) is 0.728. The maximum atomic E-state index is 12.0. The number of carbonyl (C=O) groups is 1. The van der Waals surface area contributed by atoms with E-state index in [1.807, 2.05) is 6.92 Å². The highest BCUT2D eigenvalue weighted by atomic mass is 16.5. The number of hydrogen-bond acceptors (Lipinski definition) is 5. The van der Waals surface area contributed by atoms with Gasteiger partial charge in [0.1, 0.15) is 18.2 Å². The van der Waals surface area contributed by atoms with Gasteiger partial charge in [-0.2, -0.15) is 0 Å². The highest BCUT2D eigenvalue weighted by Gasteiger charge is 2.12. The number of rotatable bonds is 6. The molecule has 20 heavy (non-hydrogen) atoms. The molecule has 0 saturated carbocycles. The fourth-order valence-electron chi connectivity index (χ4n) is 1.58. The number of H-pyrrole nitrogens is 1. The Morgan fingerprint density at radius 2 is 2.35 bits per heavy atom. The van der Waals surface area contributed by atoms with Gasteiger partial charge in [0.05, 0.1) is 0 Å². The highest BCUT2D eigenvalue weighted by molar-refractivity contribution is 6.01. The summed E-state index contributed by atoms with van der Waals surface area (Å²) in [6, 6.07) is 7.08. The van der Waals surface area contributed by atoms with Crippen LogP contribution in [-0.4, -0.2) is 34.2 Å². The van der Waals surface area contributed by atoms with E-state index in [9.17, 15) is 4.79 Å². The molecule has 0 aliphatic heterocycles. The maximum absolute atomic E-state index is 12.0. The number of amides is 1. The van der Waals surface area contributed by atoms with E-state index in [-0.39, 0.29) is 11.7 Å². The van der Waals surface area contributed by atoms with Crippen molar-refractivity contribution in [1.82, 2.24) is 15.2 Å². The largest absolute Gasteiger partial charge is 0.492 e. The van der Waals surface area contributed by atoms with Crippen molar-refractivity contribution in [2.24, 2.45) is 5.73 Å². The molecule has 7 heteroatoms. The van der Waals surface area contributed by atoms with Gasteiger partial charge in [-0.3, -0.25) is 9.89 Å². The van der Waals surface area contributed by atoms with E-state index in [4.69, 9.17) is 10.5 Å². The van der Waals surface area contributed by atoms with Crippen LogP contribution in [0.25, 0.3) is 0 Å². The molecule has 4 N–H and O–H groups in total. The molecule has 0 saturated heterocycles. The summed E-state index contributed by atoms with van der Waals surface area (Å²) in [5.74, 6) is 1.08. The van der Waals surface area contributed by atoms with Crippen molar-refractivity contribution in [2.75, 3.05) is 18.5 Å². The zero-order valence-electron chi connectivity index (χ0n) is 11.2. The number of ether oxygens (including phenoxy) is 1. The lowest BCUT2D eigenvalue weighted by Crippen LogP contribution is -2.14. The number of nitrogens with two attached hydrogens (primary N) is 1. The van der Waals surface area contributed by atoms with E-state index in [1.54, 1.807) is 24.3 Å². The first-order chi connectivity index (χ1) is 9.72. The second-order valence-electron chi connectivity index (χ2n) is 4.08. The molecule has 0 bridgehead atoms. The molecule has 1 aromatic carbocycles. The van der Waals surface area contributed by atoms with Crippen LogP contribution in [0, 0.1) is 0 Å². The molecule has 1 amide bonds. The number of nitrogens with one attached hydrogen (secondary N) is 2. The number of carbonyl (C=O) groups excluding carboxylic acids is 1. The van der Waals surface area contributed by atoms with Gasteiger partial charge in [0, 0.05) is 24.7 Å². The number of hydrogen-bond donors (Lipinski definition) is 3. The van der Waals surface area contributed by atoms with Crippen molar-refractivity contribution in [3.63, 3.8) is 0 Å². The third kappa shape index (κ3) is 3.55. The molecular weight excluding hydrogens is 258 g/mol. The second-order valence-corrected chi connectivity index (χ2v) is 4.08. The Labute approximate surface area is 116 Å².